The van der Waals surface area contributed by atoms with Gasteiger partial charge in [0.2, 0.25) is 0 Å². The lowest BCUT2D eigenvalue weighted by molar-refractivity contribution is -0.231. The number of ether oxygens (including phenoxy) is 1. The van der Waals surface area contributed by atoms with Crippen molar-refractivity contribution in [2.24, 2.45) is 28.6 Å². The zero-order valence-electron chi connectivity index (χ0n) is 19.8. The van der Waals surface area contributed by atoms with Crippen LogP contribution in [0.15, 0.2) is 23.3 Å². The highest BCUT2D eigenvalue weighted by Crippen LogP contribution is 2.84. The highest BCUT2D eigenvalue weighted by molar-refractivity contribution is 6.04. The van der Waals surface area contributed by atoms with E-state index in [2.05, 4.69) is 0 Å². The summed E-state index contributed by atoms with van der Waals surface area (Å²) in [5.74, 6) is -3.32. The zero-order chi connectivity index (χ0) is 24.1. The predicted molar refractivity (Wildman–Crippen MR) is 116 cm³/mol. The van der Waals surface area contributed by atoms with Crippen LogP contribution in [0.5, 0.6) is 0 Å². The highest BCUT2D eigenvalue weighted by atomic mass is 16.6. The number of carbonyl (C=O) groups excluding carboxylic acids is 2. The molecule has 7 heteroatoms. The van der Waals surface area contributed by atoms with E-state index in [0.29, 0.717) is 17.6 Å². The molecule has 0 amide bonds. The second kappa shape index (κ2) is 6.75. The minimum atomic E-state index is -1.90. The second-order valence-corrected chi connectivity index (χ2v) is 11.1. The van der Waals surface area contributed by atoms with Gasteiger partial charge >= 0.3 is 5.97 Å². The standard InChI is InChI=1S/C25H36O7/c1-7-8-18(27)32-25-20(29)14(3)24(31)16(22(25,6)21(25,4)5)10-15(12-26)11-23(30)17(24)9-13(2)19(23)28/h9-10,14,16-17,20,26,29-31H,7-8,11-12H2,1-6H3/t14-,16+,17-,20-,22-,23-,24-,25-/m1/s1. The van der Waals surface area contributed by atoms with E-state index in [0.717, 1.165) is 0 Å². The van der Waals surface area contributed by atoms with E-state index in [-0.39, 0.29) is 19.4 Å². The molecule has 32 heavy (non-hydrogen) atoms. The summed E-state index contributed by atoms with van der Waals surface area (Å²) >= 11 is 0. The first kappa shape index (κ1) is 23.6. The normalized spacial score (nSPS) is 48.6. The maximum absolute atomic E-state index is 13.0. The van der Waals surface area contributed by atoms with Crippen molar-refractivity contribution < 1.29 is 34.8 Å². The van der Waals surface area contributed by atoms with Gasteiger partial charge in [0.15, 0.2) is 11.4 Å². The summed E-state index contributed by atoms with van der Waals surface area (Å²) in [6, 6.07) is 0. The molecule has 0 aliphatic heterocycles. The quantitative estimate of drug-likeness (QED) is 0.381. The molecule has 0 bridgehead atoms. The summed E-state index contributed by atoms with van der Waals surface area (Å²) in [6.07, 6.45) is 2.90. The molecule has 0 spiro atoms. The smallest absolute Gasteiger partial charge is 0.306 e. The van der Waals surface area contributed by atoms with Crippen molar-refractivity contribution in [3.8, 4) is 0 Å². The van der Waals surface area contributed by atoms with Crippen molar-refractivity contribution in [3.63, 3.8) is 0 Å². The number of aliphatic hydroxyl groups excluding tert-OH is 2. The van der Waals surface area contributed by atoms with E-state index in [1.807, 2.05) is 27.7 Å². The first-order valence-electron chi connectivity index (χ1n) is 11.6. The molecule has 4 N–H and O–H groups in total. The van der Waals surface area contributed by atoms with Gasteiger partial charge in [-0.25, -0.2) is 0 Å². The fraction of sp³-hybridized carbons (Fsp3) is 0.760. The van der Waals surface area contributed by atoms with Crippen LogP contribution in [0.4, 0.5) is 0 Å². The van der Waals surface area contributed by atoms with Gasteiger partial charge in [-0.2, -0.15) is 0 Å². The van der Waals surface area contributed by atoms with Gasteiger partial charge in [-0.15, -0.1) is 0 Å². The molecule has 0 heterocycles. The van der Waals surface area contributed by atoms with Gasteiger partial charge in [0, 0.05) is 41.4 Å². The maximum atomic E-state index is 13.0. The number of hydrogen-bond donors (Lipinski definition) is 4. The Morgan fingerprint density at radius 2 is 1.81 bits per heavy atom. The van der Waals surface area contributed by atoms with Crippen LogP contribution >= 0.6 is 0 Å². The third kappa shape index (κ3) is 2.31. The van der Waals surface area contributed by atoms with Crippen molar-refractivity contribution in [3.05, 3.63) is 23.3 Å². The maximum Gasteiger partial charge on any atom is 0.306 e. The van der Waals surface area contributed by atoms with Crippen molar-refractivity contribution in [2.75, 3.05) is 6.61 Å². The Morgan fingerprint density at radius 3 is 2.38 bits per heavy atom. The van der Waals surface area contributed by atoms with Gasteiger partial charge in [0.05, 0.1) is 12.2 Å². The summed E-state index contributed by atoms with van der Waals surface area (Å²) in [4.78, 5) is 25.6. The van der Waals surface area contributed by atoms with Crippen molar-refractivity contribution >= 4 is 11.8 Å². The Morgan fingerprint density at radius 1 is 1.19 bits per heavy atom. The number of hydrogen-bond acceptors (Lipinski definition) is 7. The molecule has 0 aromatic rings. The second-order valence-electron chi connectivity index (χ2n) is 11.1. The molecule has 0 saturated heterocycles. The van der Waals surface area contributed by atoms with E-state index in [1.54, 1.807) is 26.0 Å². The molecule has 8 atom stereocenters. The van der Waals surface area contributed by atoms with Crippen LogP contribution in [0.3, 0.4) is 0 Å². The van der Waals surface area contributed by atoms with Crippen molar-refractivity contribution in [1.82, 2.24) is 0 Å². The molecule has 178 valence electrons. The highest BCUT2D eigenvalue weighted by Gasteiger charge is 2.93. The lowest BCUT2D eigenvalue weighted by Gasteiger charge is -2.54. The molecule has 0 aromatic heterocycles. The molecule has 2 fully saturated rings. The van der Waals surface area contributed by atoms with Gasteiger partial charge in [-0.05, 0) is 24.5 Å². The van der Waals surface area contributed by atoms with Gasteiger partial charge in [0.1, 0.15) is 11.7 Å². The lowest BCUT2D eigenvalue weighted by Crippen LogP contribution is -2.67. The number of fused-ring (bicyclic) bond motifs is 5. The molecule has 0 aromatic carbocycles. The van der Waals surface area contributed by atoms with Gasteiger partial charge in [-0.1, -0.05) is 46.8 Å². The molecule has 7 nitrogen and oxygen atoms in total. The third-order valence-electron chi connectivity index (χ3n) is 9.69. The van der Waals surface area contributed by atoms with E-state index in [4.69, 9.17) is 4.74 Å². The number of carbonyl (C=O) groups is 2. The Kier molecular flexibility index (Phi) is 4.98. The number of esters is 1. The Hall–Kier alpha value is -1.54. The SMILES string of the molecule is CCCC(=O)O[C@@]12[C@H](O)[C@@H](C)[C@@]3(O)[C@@H](C=C(CO)C[C@]4(O)C(=O)C(C)=C[C@@H]34)[C@]1(C)C2(C)C. The predicted octanol–water partition coefficient (Wildman–Crippen LogP) is 1.67. The fourth-order valence-corrected chi connectivity index (χ4v) is 7.67. The number of aliphatic hydroxyl groups is 4. The van der Waals surface area contributed by atoms with Gasteiger partial charge in [-0.3, -0.25) is 9.59 Å². The Labute approximate surface area is 189 Å². The van der Waals surface area contributed by atoms with Gasteiger partial charge in [0.25, 0.3) is 0 Å². The molecular weight excluding hydrogens is 412 g/mol. The average molecular weight is 449 g/mol. The van der Waals surface area contributed by atoms with Crippen LogP contribution in [0.1, 0.15) is 60.8 Å². The fourth-order valence-electron chi connectivity index (χ4n) is 7.67. The largest absolute Gasteiger partial charge is 0.455 e. The summed E-state index contributed by atoms with van der Waals surface area (Å²) < 4.78 is 6.04. The summed E-state index contributed by atoms with van der Waals surface area (Å²) in [5, 5.41) is 45.6. The van der Waals surface area contributed by atoms with E-state index in [9.17, 15) is 30.0 Å². The molecule has 4 rings (SSSR count). The molecule has 0 unspecified atom stereocenters. The first-order valence-corrected chi connectivity index (χ1v) is 11.6. The molecule has 0 radical (unpaired) electrons. The number of Topliss-reactive ketones (excluding diaryl/α,β-unsaturated/α-hetero) is 1. The van der Waals surface area contributed by atoms with Crippen LogP contribution < -0.4 is 0 Å². The lowest BCUT2D eigenvalue weighted by atomic mass is 9.55. The zero-order valence-corrected chi connectivity index (χ0v) is 19.8. The molecular formula is C25H36O7. The molecule has 4 aliphatic carbocycles. The average Bonchev–Trinajstić information content (AvgIpc) is 3.04. The number of rotatable bonds is 4. The van der Waals surface area contributed by atoms with Crippen LogP contribution in [0.25, 0.3) is 0 Å². The molecule has 2 saturated carbocycles. The summed E-state index contributed by atoms with van der Waals surface area (Å²) in [5.41, 5.74) is -5.60. The summed E-state index contributed by atoms with van der Waals surface area (Å²) in [6.45, 7) is 10.5. The van der Waals surface area contributed by atoms with Crippen molar-refractivity contribution in [1.29, 1.82) is 0 Å². The first-order chi connectivity index (χ1) is 14.7. The minimum absolute atomic E-state index is 0.0956. The van der Waals surface area contributed by atoms with E-state index in [1.165, 1.54) is 0 Å². The Bertz CT molecular complexity index is 935. The van der Waals surface area contributed by atoms with Crippen LogP contribution in [0.2, 0.25) is 0 Å². The minimum Gasteiger partial charge on any atom is -0.455 e. The molecule has 4 aliphatic rings. The number of ketones is 1. The topological polar surface area (TPSA) is 124 Å². The third-order valence-corrected chi connectivity index (χ3v) is 9.69. The van der Waals surface area contributed by atoms with Crippen LogP contribution in [-0.4, -0.2) is 61.7 Å². The van der Waals surface area contributed by atoms with E-state index >= 15 is 0 Å². The van der Waals surface area contributed by atoms with Crippen molar-refractivity contribution in [2.45, 2.75) is 83.7 Å². The summed E-state index contributed by atoms with van der Waals surface area (Å²) in [7, 11) is 0. The monoisotopic (exact) mass is 448 g/mol. The van der Waals surface area contributed by atoms with Crippen LogP contribution in [0, 0.1) is 28.6 Å². The Balaban J connectivity index is 1.94. The van der Waals surface area contributed by atoms with E-state index < -0.39 is 63.2 Å². The van der Waals surface area contributed by atoms with Crippen LogP contribution in [-0.2, 0) is 14.3 Å². The van der Waals surface area contributed by atoms with Gasteiger partial charge < -0.3 is 25.2 Å².